The largest absolute Gasteiger partial charge is 0.316 e. The van der Waals surface area contributed by atoms with Crippen molar-refractivity contribution in [1.82, 2.24) is 5.32 Å². The Hall–Kier alpha value is -0.0400. The minimum absolute atomic E-state index is 0.754. The maximum atomic E-state index is 3.43. The Balaban J connectivity index is 1.88. The fourth-order valence-electron chi connectivity index (χ4n) is 2.79. The van der Waals surface area contributed by atoms with Crippen LogP contribution < -0.4 is 5.32 Å². The molecule has 1 atom stereocenters. The summed E-state index contributed by atoms with van der Waals surface area (Å²) in [6.07, 6.45) is 8.88. The minimum Gasteiger partial charge on any atom is -0.316 e. The van der Waals surface area contributed by atoms with Gasteiger partial charge in [-0.2, -0.15) is 0 Å². The van der Waals surface area contributed by atoms with E-state index in [1.54, 1.807) is 0 Å². The Labute approximate surface area is 75.9 Å². The van der Waals surface area contributed by atoms with Gasteiger partial charge in [0.15, 0.2) is 0 Å². The molecule has 70 valence electrons. The Morgan fingerprint density at radius 2 is 2.08 bits per heavy atom. The molecule has 1 nitrogen and oxygen atoms in total. The van der Waals surface area contributed by atoms with Crippen molar-refractivity contribution in [1.29, 1.82) is 0 Å². The van der Waals surface area contributed by atoms with Gasteiger partial charge < -0.3 is 5.32 Å². The van der Waals surface area contributed by atoms with Crippen LogP contribution >= 0.6 is 0 Å². The van der Waals surface area contributed by atoms with Gasteiger partial charge in [0, 0.05) is 13.1 Å². The van der Waals surface area contributed by atoms with Crippen LogP contribution in [0, 0.1) is 11.3 Å². The summed E-state index contributed by atoms with van der Waals surface area (Å²) in [6, 6.07) is 0. The minimum atomic E-state index is 0.754. The molecule has 1 spiro atoms. The van der Waals surface area contributed by atoms with Gasteiger partial charge in [0.2, 0.25) is 0 Å². The normalized spacial score (nSPS) is 34.2. The molecule has 2 aliphatic rings. The van der Waals surface area contributed by atoms with Crippen molar-refractivity contribution in [3.63, 3.8) is 0 Å². The van der Waals surface area contributed by atoms with Gasteiger partial charge in [-0.05, 0) is 30.6 Å². The van der Waals surface area contributed by atoms with E-state index in [0.717, 1.165) is 11.3 Å². The quantitative estimate of drug-likeness (QED) is 0.633. The molecule has 0 aromatic rings. The number of nitrogens with one attached hydrogen (secondary N) is 1. The summed E-state index contributed by atoms with van der Waals surface area (Å²) in [5.74, 6) is 1.05. The molecule has 2 rings (SSSR count). The first-order chi connectivity index (χ1) is 5.85. The van der Waals surface area contributed by atoms with Crippen LogP contribution in [0.2, 0.25) is 0 Å². The molecule has 1 heteroatoms. The summed E-state index contributed by atoms with van der Waals surface area (Å²) in [7, 11) is 0. The first kappa shape index (κ1) is 8.55. The third kappa shape index (κ3) is 1.52. The van der Waals surface area contributed by atoms with Crippen LogP contribution in [0.1, 0.15) is 45.4 Å². The second kappa shape index (κ2) is 3.37. The lowest BCUT2D eigenvalue weighted by molar-refractivity contribution is 0.140. The van der Waals surface area contributed by atoms with Gasteiger partial charge in [0.05, 0.1) is 0 Å². The summed E-state index contributed by atoms with van der Waals surface area (Å²) < 4.78 is 0. The monoisotopic (exact) mass is 167 g/mol. The lowest BCUT2D eigenvalue weighted by Gasteiger charge is -2.42. The molecule has 1 unspecified atom stereocenters. The zero-order valence-corrected chi connectivity index (χ0v) is 8.23. The van der Waals surface area contributed by atoms with Gasteiger partial charge in [0.1, 0.15) is 0 Å². The number of hydrogen-bond acceptors (Lipinski definition) is 1. The van der Waals surface area contributed by atoms with E-state index in [4.69, 9.17) is 0 Å². The topological polar surface area (TPSA) is 12.0 Å². The lowest BCUT2D eigenvalue weighted by Crippen LogP contribution is -2.53. The van der Waals surface area contributed by atoms with Crippen LogP contribution in [0.25, 0.3) is 0 Å². The highest BCUT2D eigenvalue weighted by Crippen LogP contribution is 2.40. The third-order valence-electron chi connectivity index (χ3n) is 3.98. The van der Waals surface area contributed by atoms with Crippen LogP contribution in [0.15, 0.2) is 0 Å². The fourth-order valence-corrected chi connectivity index (χ4v) is 2.79. The molecule has 1 N–H and O–H groups in total. The van der Waals surface area contributed by atoms with Gasteiger partial charge in [-0.1, -0.05) is 26.2 Å². The second-order valence-corrected chi connectivity index (χ2v) is 4.81. The van der Waals surface area contributed by atoms with Crippen LogP contribution in [0.3, 0.4) is 0 Å². The fraction of sp³-hybridized carbons (Fsp3) is 1.00. The van der Waals surface area contributed by atoms with Crippen LogP contribution in [-0.4, -0.2) is 13.1 Å². The van der Waals surface area contributed by atoms with E-state index in [2.05, 4.69) is 12.2 Å². The summed E-state index contributed by atoms with van der Waals surface area (Å²) in [5, 5.41) is 3.43. The summed E-state index contributed by atoms with van der Waals surface area (Å²) >= 11 is 0. The average Bonchev–Trinajstić information content (AvgIpc) is 2.24. The van der Waals surface area contributed by atoms with Gasteiger partial charge in [-0.25, -0.2) is 0 Å². The molecule has 0 aromatic heterocycles. The third-order valence-corrected chi connectivity index (χ3v) is 3.98. The average molecular weight is 167 g/mol. The van der Waals surface area contributed by atoms with Crippen molar-refractivity contribution in [2.75, 3.05) is 13.1 Å². The highest BCUT2D eigenvalue weighted by atomic mass is 15.0. The van der Waals surface area contributed by atoms with Gasteiger partial charge in [0.25, 0.3) is 0 Å². The maximum Gasteiger partial charge on any atom is 0.00202 e. The van der Waals surface area contributed by atoms with Crippen molar-refractivity contribution in [2.24, 2.45) is 11.3 Å². The molecular formula is C11H21N. The molecule has 12 heavy (non-hydrogen) atoms. The SMILES string of the molecule is CCC1CCCC2(CC1)CNC2. The highest BCUT2D eigenvalue weighted by Gasteiger charge is 2.37. The van der Waals surface area contributed by atoms with Crippen molar-refractivity contribution < 1.29 is 0 Å². The first-order valence-corrected chi connectivity index (χ1v) is 5.55. The van der Waals surface area contributed by atoms with E-state index in [1.165, 1.54) is 51.6 Å². The molecule has 1 heterocycles. The van der Waals surface area contributed by atoms with Crippen LogP contribution in [0.4, 0.5) is 0 Å². The van der Waals surface area contributed by atoms with Crippen molar-refractivity contribution in [2.45, 2.75) is 45.4 Å². The van der Waals surface area contributed by atoms with E-state index in [0.29, 0.717) is 0 Å². The van der Waals surface area contributed by atoms with Crippen molar-refractivity contribution in [3.8, 4) is 0 Å². The Morgan fingerprint density at radius 3 is 2.67 bits per heavy atom. The lowest BCUT2D eigenvalue weighted by atomic mass is 9.75. The molecular weight excluding hydrogens is 146 g/mol. The first-order valence-electron chi connectivity index (χ1n) is 5.55. The number of hydrogen-bond donors (Lipinski definition) is 1. The molecule has 0 aromatic carbocycles. The summed E-state index contributed by atoms with van der Waals surface area (Å²) in [6.45, 7) is 4.97. The van der Waals surface area contributed by atoms with Crippen LogP contribution in [0.5, 0.6) is 0 Å². The van der Waals surface area contributed by atoms with Crippen molar-refractivity contribution in [3.05, 3.63) is 0 Å². The molecule has 1 saturated carbocycles. The number of rotatable bonds is 1. The molecule has 2 fully saturated rings. The van der Waals surface area contributed by atoms with Gasteiger partial charge in [-0.3, -0.25) is 0 Å². The molecule has 0 amide bonds. The maximum absolute atomic E-state index is 3.43. The van der Waals surface area contributed by atoms with Gasteiger partial charge >= 0.3 is 0 Å². The Kier molecular flexibility index (Phi) is 2.40. The highest BCUT2D eigenvalue weighted by molar-refractivity contribution is 4.93. The molecule has 0 bridgehead atoms. The molecule has 0 radical (unpaired) electrons. The Bertz CT molecular complexity index is 149. The Morgan fingerprint density at radius 1 is 1.25 bits per heavy atom. The summed E-state index contributed by atoms with van der Waals surface area (Å²) in [4.78, 5) is 0. The summed E-state index contributed by atoms with van der Waals surface area (Å²) in [5.41, 5.74) is 0.754. The molecule has 1 saturated heterocycles. The van der Waals surface area contributed by atoms with E-state index in [-0.39, 0.29) is 0 Å². The second-order valence-electron chi connectivity index (χ2n) is 4.81. The van der Waals surface area contributed by atoms with E-state index in [1.807, 2.05) is 0 Å². The van der Waals surface area contributed by atoms with Gasteiger partial charge in [-0.15, -0.1) is 0 Å². The van der Waals surface area contributed by atoms with Crippen molar-refractivity contribution >= 4 is 0 Å². The molecule has 1 aliphatic heterocycles. The van der Waals surface area contributed by atoms with Crippen LogP contribution in [-0.2, 0) is 0 Å². The van der Waals surface area contributed by atoms with E-state index < -0.39 is 0 Å². The zero-order chi connectivity index (χ0) is 8.44. The van der Waals surface area contributed by atoms with E-state index >= 15 is 0 Å². The standard InChI is InChI=1S/C11H21N/c1-2-10-4-3-6-11(7-5-10)8-12-9-11/h10,12H,2-9H2,1H3. The molecule has 1 aliphatic carbocycles. The predicted octanol–water partition coefficient (Wildman–Crippen LogP) is 2.57. The van der Waals surface area contributed by atoms with E-state index in [9.17, 15) is 0 Å². The smallest absolute Gasteiger partial charge is 0.00202 e. The zero-order valence-electron chi connectivity index (χ0n) is 8.23. The predicted molar refractivity (Wildman–Crippen MR) is 52.2 cm³/mol.